The first-order valence-corrected chi connectivity index (χ1v) is 9.97. The SMILES string of the molecule is Cc1ccc(Cc2cc(Cc3ccc(C)c(C)c3)c(C)c(C)c2C)cc1C. The van der Waals surface area contributed by atoms with Crippen molar-refractivity contribution < 1.29 is 0 Å². The highest BCUT2D eigenvalue weighted by molar-refractivity contribution is 5.48. The highest BCUT2D eigenvalue weighted by atomic mass is 14.2. The van der Waals surface area contributed by atoms with E-state index in [9.17, 15) is 0 Å². The van der Waals surface area contributed by atoms with Gasteiger partial charge in [0.25, 0.3) is 0 Å². The minimum absolute atomic E-state index is 1.01. The lowest BCUT2D eigenvalue weighted by molar-refractivity contribution is 1.06. The predicted octanol–water partition coefficient (Wildman–Crippen LogP) is 7.03. The Morgan fingerprint density at radius 3 is 1.22 bits per heavy atom. The Morgan fingerprint density at radius 1 is 0.444 bits per heavy atom. The van der Waals surface area contributed by atoms with Gasteiger partial charge in [0, 0.05) is 0 Å². The van der Waals surface area contributed by atoms with Gasteiger partial charge in [-0.05, 0) is 123 Å². The predicted molar refractivity (Wildman–Crippen MR) is 118 cm³/mol. The first-order chi connectivity index (χ1) is 12.8. The minimum atomic E-state index is 1.01. The summed E-state index contributed by atoms with van der Waals surface area (Å²) in [6.07, 6.45) is 2.02. The quantitative estimate of drug-likeness (QED) is 0.471. The number of hydrogen-bond donors (Lipinski definition) is 0. The number of benzene rings is 3. The molecule has 3 aromatic rings. The first-order valence-electron chi connectivity index (χ1n) is 9.97. The molecule has 0 spiro atoms. The molecule has 0 saturated carbocycles. The van der Waals surface area contributed by atoms with E-state index >= 15 is 0 Å². The molecule has 0 heteroatoms. The van der Waals surface area contributed by atoms with Crippen molar-refractivity contribution >= 4 is 0 Å². The molecule has 3 rings (SSSR count). The zero-order valence-corrected chi connectivity index (χ0v) is 18.0. The van der Waals surface area contributed by atoms with Crippen molar-refractivity contribution in [3.05, 3.63) is 104 Å². The Hall–Kier alpha value is -2.34. The smallest absolute Gasteiger partial charge is 0.00228 e. The van der Waals surface area contributed by atoms with Crippen LogP contribution < -0.4 is 0 Å². The largest absolute Gasteiger partial charge is 0.0588 e. The lowest BCUT2D eigenvalue weighted by Gasteiger charge is -2.17. The molecule has 0 nitrogen and oxygen atoms in total. The molecule has 27 heavy (non-hydrogen) atoms. The molecule has 0 amide bonds. The lowest BCUT2D eigenvalue weighted by atomic mass is 9.88. The Labute approximate surface area is 165 Å². The number of rotatable bonds is 4. The average molecular weight is 357 g/mol. The monoisotopic (exact) mass is 356 g/mol. The van der Waals surface area contributed by atoms with Gasteiger partial charge in [0.15, 0.2) is 0 Å². The van der Waals surface area contributed by atoms with Crippen molar-refractivity contribution in [1.29, 1.82) is 0 Å². The van der Waals surface area contributed by atoms with Gasteiger partial charge >= 0.3 is 0 Å². The molecule has 0 aliphatic heterocycles. The molecule has 0 fully saturated rings. The van der Waals surface area contributed by atoms with Gasteiger partial charge in [-0.15, -0.1) is 0 Å². The van der Waals surface area contributed by atoms with Crippen LogP contribution in [0.15, 0.2) is 42.5 Å². The van der Waals surface area contributed by atoms with Crippen LogP contribution in [0.2, 0.25) is 0 Å². The summed E-state index contributed by atoms with van der Waals surface area (Å²) in [6, 6.07) is 16.2. The molecular formula is C27H32. The summed E-state index contributed by atoms with van der Waals surface area (Å²) in [6.45, 7) is 15.6. The Balaban J connectivity index is 1.97. The van der Waals surface area contributed by atoms with Gasteiger partial charge in [0.1, 0.15) is 0 Å². The van der Waals surface area contributed by atoms with Crippen LogP contribution in [0.5, 0.6) is 0 Å². The van der Waals surface area contributed by atoms with E-state index in [1.165, 1.54) is 61.2 Å². The van der Waals surface area contributed by atoms with E-state index in [4.69, 9.17) is 0 Å². The summed E-state index contributed by atoms with van der Waals surface area (Å²) in [4.78, 5) is 0. The maximum absolute atomic E-state index is 2.45. The van der Waals surface area contributed by atoms with Gasteiger partial charge in [-0.25, -0.2) is 0 Å². The molecule has 0 bridgehead atoms. The van der Waals surface area contributed by atoms with Crippen molar-refractivity contribution in [2.45, 2.75) is 61.3 Å². The Morgan fingerprint density at radius 2 is 0.852 bits per heavy atom. The Bertz CT molecular complexity index is 912. The molecule has 140 valence electrons. The van der Waals surface area contributed by atoms with Crippen LogP contribution in [-0.4, -0.2) is 0 Å². The molecule has 0 radical (unpaired) electrons. The fourth-order valence-corrected chi connectivity index (χ4v) is 3.82. The van der Waals surface area contributed by atoms with E-state index in [-0.39, 0.29) is 0 Å². The summed E-state index contributed by atoms with van der Waals surface area (Å²) in [5.74, 6) is 0. The third-order valence-electron chi connectivity index (χ3n) is 6.37. The maximum atomic E-state index is 2.45. The van der Waals surface area contributed by atoms with Crippen molar-refractivity contribution in [2.24, 2.45) is 0 Å². The van der Waals surface area contributed by atoms with Crippen LogP contribution in [0.25, 0.3) is 0 Å². The zero-order valence-electron chi connectivity index (χ0n) is 18.0. The van der Waals surface area contributed by atoms with Crippen LogP contribution >= 0.6 is 0 Å². The second kappa shape index (κ2) is 7.72. The minimum Gasteiger partial charge on any atom is -0.0588 e. The lowest BCUT2D eigenvalue weighted by Crippen LogP contribution is -2.03. The molecule has 0 aliphatic carbocycles. The van der Waals surface area contributed by atoms with Crippen molar-refractivity contribution in [3.8, 4) is 0 Å². The van der Waals surface area contributed by atoms with Gasteiger partial charge in [0.05, 0.1) is 0 Å². The molecule has 0 saturated heterocycles. The molecule has 3 aromatic carbocycles. The number of aryl methyl sites for hydroxylation is 4. The molecular weight excluding hydrogens is 324 g/mol. The van der Waals surface area contributed by atoms with E-state index < -0.39 is 0 Å². The fourth-order valence-electron chi connectivity index (χ4n) is 3.82. The third-order valence-corrected chi connectivity index (χ3v) is 6.37. The van der Waals surface area contributed by atoms with Gasteiger partial charge in [-0.2, -0.15) is 0 Å². The van der Waals surface area contributed by atoms with Gasteiger partial charge in [-0.3, -0.25) is 0 Å². The van der Waals surface area contributed by atoms with E-state index in [1.807, 2.05) is 0 Å². The number of hydrogen-bond acceptors (Lipinski definition) is 0. The molecule has 0 atom stereocenters. The second-order valence-electron chi connectivity index (χ2n) is 8.26. The fraction of sp³-hybridized carbons (Fsp3) is 0.333. The van der Waals surface area contributed by atoms with E-state index in [1.54, 1.807) is 0 Å². The van der Waals surface area contributed by atoms with Gasteiger partial charge < -0.3 is 0 Å². The average Bonchev–Trinajstić information content (AvgIpc) is 2.63. The third kappa shape index (κ3) is 4.16. The summed E-state index contributed by atoms with van der Waals surface area (Å²) in [5.41, 5.74) is 15.5. The Kier molecular flexibility index (Phi) is 5.56. The molecule has 0 unspecified atom stereocenters. The zero-order chi connectivity index (χ0) is 19.7. The highest BCUT2D eigenvalue weighted by Crippen LogP contribution is 2.27. The van der Waals surface area contributed by atoms with Gasteiger partial charge in [-0.1, -0.05) is 42.5 Å². The topological polar surface area (TPSA) is 0 Å². The second-order valence-corrected chi connectivity index (χ2v) is 8.26. The summed E-state index contributed by atoms with van der Waals surface area (Å²) < 4.78 is 0. The van der Waals surface area contributed by atoms with Gasteiger partial charge in [0.2, 0.25) is 0 Å². The van der Waals surface area contributed by atoms with E-state index in [2.05, 4.69) is 90.9 Å². The molecule has 0 aliphatic rings. The van der Waals surface area contributed by atoms with Crippen LogP contribution in [0, 0.1) is 48.5 Å². The summed E-state index contributed by atoms with van der Waals surface area (Å²) in [7, 11) is 0. The van der Waals surface area contributed by atoms with Crippen LogP contribution in [0.3, 0.4) is 0 Å². The first kappa shape index (κ1) is 19.4. The van der Waals surface area contributed by atoms with Crippen molar-refractivity contribution in [1.82, 2.24) is 0 Å². The summed E-state index contributed by atoms with van der Waals surface area (Å²) >= 11 is 0. The normalized spacial score (nSPS) is 11.1. The van der Waals surface area contributed by atoms with Crippen LogP contribution in [0.1, 0.15) is 61.2 Å². The summed E-state index contributed by atoms with van der Waals surface area (Å²) in [5, 5.41) is 0. The van der Waals surface area contributed by atoms with E-state index in [0.717, 1.165) is 12.8 Å². The molecule has 0 heterocycles. The van der Waals surface area contributed by atoms with Crippen LogP contribution in [0.4, 0.5) is 0 Å². The van der Waals surface area contributed by atoms with Crippen molar-refractivity contribution in [2.75, 3.05) is 0 Å². The van der Waals surface area contributed by atoms with E-state index in [0.29, 0.717) is 0 Å². The van der Waals surface area contributed by atoms with Crippen LogP contribution in [-0.2, 0) is 12.8 Å². The standard InChI is InChI=1S/C27H32/c1-17-8-10-24(12-19(17)3)14-26-16-27(23(7)21(5)22(26)6)15-25-11-9-18(2)20(4)13-25/h8-13,16H,14-15H2,1-7H3. The van der Waals surface area contributed by atoms with Crippen molar-refractivity contribution in [3.63, 3.8) is 0 Å². The maximum Gasteiger partial charge on any atom is -0.00228 e. The molecule has 0 N–H and O–H groups in total. The highest BCUT2D eigenvalue weighted by Gasteiger charge is 2.11. The molecule has 0 aromatic heterocycles.